The van der Waals surface area contributed by atoms with E-state index in [1.54, 1.807) is 0 Å². The van der Waals surface area contributed by atoms with Crippen LogP contribution in [0.4, 0.5) is 0 Å². The van der Waals surface area contributed by atoms with E-state index in [1.807, 2.05) is 40.7 Å². The van der Waals surface area contributed by atoms with Crippen LogP contribution < -0.4 is 5.56 Å². The van der Waals surface area contributed by atoms with Gasteiger partial charge in [-0.2, -0.15) is 0 Å². The summed E-state index contributed by atoms with van der Waals surface area (Å²) in [5.41, 5.74) is 0.722. The molecule has 2 aliphatic rings. The number of aromatic nitrogens is 2. The summed E-state index contributed by atoms with van der Waals surface area (Å²) in [6, 6.07) is 7.70. The first kappa shape index (κ1) is 18.5. The predicted molar refractivity (Wildman–Crippen MR) is 108 cm³/mol. The fraction of sp³-hybridized carbons (Fsp3) is 0.550. The Bertz CT molecular complexity index is 900. The highest BCUT2D eigenvalue weighted by atomic mass is 32.2. The molecule has 144 valence electrons. The maximum absolute atomic E-state index is 13.0. The molecule has 6 nitrogen and oxygen atoms in total. The van der Waals surface area contributed by atoms with Gasteiger partial charge in [-0.05, 0) is 38.4 Å². The molecule has 0 radical (unpaired) electrons. The Morgan fingerprint density at radius 3 is 2.59 bits per heavy atom. The fourth-order valence-corrected chi connectivity index (χ4v) is 4.68. The summed E-state index contributed by atoms with van der Waals surface area (Å²) >= 11 is 1.42. The molecule has 0 N–H and O–H groups in total. The number of rotatable bonds is 5. The van der Waals surface area contributed by atoms with Crippen LogP contribution in [0, 0.1) is 0 Å². The van der Waals surface area contributed by atoms with Crippen LogP contribution in [0.15, 0.2) is 34.2 Å². The lowest BCUT2D eigenvalue weighted by molar-refractivity contribution is -0.132. The Hall–Kier alpha value is -1.86. The van der Waals surface area contributed by atoms with Gasteiger partial charge in [-0.15, -0.1) is 0 Å². The third-order valence-corrected chi connectivity index (χ3v) is 6.50. The van der Waals surface area contributed by atoms with Crippen molar-refractivity contribution in [1.82, 2.24) is 19.4 Å². The van der Waals surface area contributed by atoms with Crippen LogP contribution in [-0.4, -0.2) is 63.2 Å². The number of para-hydroxylation sites is 1. The molecule has 1 unspecified atom stereocenters. The Morgan fingerprint density at radius 2 is 1.93 bits per heavy atom. The number of carbonyl (C=O) groups excluding carboxylic acids is 1. The zero-order chi connectivity index (χ0) is 19.0. The molecule has 1 aliphatic heterocycles. The van der Waals surface area contributed by atoms with Gasteiger partial charge in [-0.25, -0.2) is 4.98 Å². The number of nitrogens with zero attached hydrogens (tertiary/aromatic N) is 4. The number of benzene rings is 1. The summed E-state index contributed by atoms with van der Waals surface area (Å²) < 4.78 is 1.81. The van der Waals surface area contributed by atoms with Crippen LogP contribution in [-0.2, 0) is 4.79 Å². The first-order chi connectivity index (χ1) is 13.1. The van der Waals surface area contributed by atoms with Crippen molar-refractivity contribution < 1.29 is 4.79 Å². The van der Waals surface area contributed by atoms with Crippen molar-refractivity contribution >= 4 is 28.6 Å². The smallest absolute Gasteiger partial charge is 0.262 e. The Labute approximate surface area is 163 Å². The van der Waals surface area contributed by atoms with Gasteiger partial charge in [-0.1, -0.05) is 30.8 Å². The summed E-state index contributed by atoms with van der Waals surface area (Å²) in [4.78, 5) is 34.9. The van der Waals surface area contributed by atoms with E-state index in [2.05, 4.69) is 11.8 Å². The molecule has 2 heterocycles. The normalized spacial score (nSPS) is 19.4. The molecule has 1 amide bonds. The maximum Gasteiger partial charge on any atom is 0.262 e. The van der Waals surface area contributed by atoms with Crippen LogP contribution in [0.1, 0.15) is 32.7 Å². The summed E-state index contributed by atoms with van der Waals surface area (Å²) in [5, 5.41) is 1.08. The topological polar surface area (TPSA) is 58.4 Å². The van der Waals surface area contributed by atoms with Crippen molar-refractivity contribution in [3.8, 4) is 0 Å². The van der Waals surface area contributed by atoms with E-state index in [4.69, 9.17) is 4.98 Å². The summed E-state index contributed by atoms with van der Waals surface area (Å²) in [5.74, 6) is 0.139. The zero-order valence-corrected chi connectivity index (χ0v) is 16.7. The van der Waals surface area contributed by atoms with Crippen molar-refractivity contribution in [2.45, 2.75) is 43.1 Å². The van der Waals surface area contributed by atoms with E-state index in [0.717, 1.165) is 45.6 Å². The number of hydrogen-bond donors (Lipinski definition) is 0. The minimum atomic E-state index is -0.253. The molecule has 1 saturated carbocycles. The fourth-order valence-electron chi connectivity index (χ4n) is 3.61. The lowest BCUT2D eigenvalue weighted by Gasteiger charge is -2.35. The Balaban J connectivity index is 1.56. The van der Waals surface area contributed by atoms with Crippen LogP contribution in [0.3, 0.4) is 0 Å². The van der Waals surface area contributed by atoms with Crippen LogP contribution in [0.25, 0.3) is 10.9 Å². The van der Waals surface area contributed by atoms with Gasteiger partial charge in [0.15, 0.2) is 5.16 Å². The van der Waals surface area contributed by atoms with E-state index < -0.39 is 0 Å². The number of piperazine rings is 1. The van der Waals surface area contributed by atoms with Gasteiger partial charge < -0.3 is 9.80 Å². The monoisotopic (exact) mass is 386 g/mol. The molecule has 4 rings (SSSR count). The number of fused-ring (bicyclic) bond motifs is 1. The minimum Gasteiger partial charge on any atom is -0.339 e. The van der Waals surface area contributed by atoms with Crippen molar-refractivity contribution in [2.75, 3.05) is 32.7 Å². The molecule has 0 bridgehead atoms. The van der Waals surface area contributed by atoms with E-state index >= 15 is 0 Å². The highest BCUT2D eigenvalue weighted by Crippen LogP contribution is 2.37. The quantitative estimate of drug-likeness (QED) is 0.583. The van der Waals surface area contributed by atoms with E-state index in [0.29, 0.717) is 16.1 Å². The van der Waals surface area contributed by atoms with Crippen molar-refractivity contribution in [3.05, 3.63) is 34.6 Å². The summed E-state index contributed by atoms with van der Waals surface area (Å²) in [7, 11) is 0. The Morgan fingerprint density at radius 1 is 1.22 bits per heavy atom. The lowest BCUT2D eigenvalue weighted by atomic mass is 10.2. The number of amides is 1. The van der Waals surface area contributed by atoms with Gasteiger partial charge in [0.05, 0.1) is 16.2 Å². The minimum absolute atomic E-state index is 0.0156. The van der Waals surface area contributed by atoms with Gasteiger partial charge in [0.2, 0.25) is 5.91 Å². The van der Waals surface area contributed by atoms with E-state index in [9.17, 15) is 9.59 Å². The average molecular weight is 387 g/mol. The predicted octanol–water partition coefficient (Wildman–Crippen LogP) is 2.38. The summed E-state index contributed by atoms with van der Waals surface area (Å²) in [6.07, 6.45) is 2.02. The second-order valence-corrected chi connectivity index (χ2v) is 8.65. The second-order valence-electron chi connectivity index (χ2n) is 7.34. The van der Waals surface area contributed by atoms with Gasteiger partial charge >= 0.3 is 0 Å². The molecule has 0 spiro atoms. The average Bonchev–Trinajstić information content (AvgIpc) is 3.52. The zero-order valence-electron chi connectivity index (χ0n) is 15.9. The lowest BCUT2D eigenvalue weighted by Crippen LogP contribution is -2.50. The number of thioether (sulfide) groups is 1. The molecular formula is C20H26N4O2S. The van der Waals surface area contributed by atoms with Gasteiger partial charge in [0, 0.05) is 32.2 Å². The number of hydrogen-bond acceptors (Lipinski definition) is 5. The molecule has 7 heteroatoms. The van der Waals surface area contributed by atoms with Crippen molar-refractivity contribution in [2.24, 2.45) is 0 Å². The van der Waals surface area contributed by atoms with E-state index in [1.165, 1.54) is 11.8 Å². The number of carbonyl (C=O) groups is 1. The van der Waals surface area contributed by atoms with E-state index in [-0.39, 0.29) is 22.8 Å². The molecule has 1 aromatic heterocycles. The molecule has 2 fully saturated rings. The highest BCUT2D eigenvalue weighted by molar-refractivity contribution is 8.00. The molecule has 1 saturated heterocycles. The molecular weight excluding hydrogens is 360 g/mol. The summed E-state index contributed by atoms with van der Waals surface area (Å²) in [6.45, 7) is 8.52. The Kier molecular flexibility index (Phi) is 5.23. The number of likely N-dealkylation sites (N-methyl/N-ethyl adjacent to an activating group) is 1. The first-order valence-electron chi connectivity index (χ1n) is 9.77. The molecule has 27 heavy (non-hydrogen) atoms. The van der Waals surface area contributed by atoms with Gasteiger partial charge in [-0.3, -0.25) is 14.2 Å². The molecule has 1 atom stereocenters. The largest absolute Gasteiger partial charge is 0.339 e. The first-order valence-corrected chi connectivity index (χ1v) is 10.7. The second kappa shape index (κ2) is 7.64. The molecule has 1 aliphatic carbocycles. The highest BCUT2D eigenvalue weighted by Gasteiger charge is 2.31. The van der Waals surface area contributed by atoms with Crippen LogP contribution in [0.5, 0.6) is 0 Å². The SMILES string of the molecule is CCN1CCN(C(=O)C(C)Sc2nc3ccccc3c(=O)n2C2CC2)CC1. The molecule has 1 aromatic carbocycles. The van der Waals surface area contributed by atoms with Gasteiger partial charge in [0.25, 0.3) is 5.56 Å². The standard InChI is InChI=1S/C20H26N4O2S/c1-3-22-10-12-23(13-11-22)18(25)14(2)27-20-21-17-7-5-4-6-16(17)19(26)24(20)15-8-9-15/h4-7,14-15H,3,8-13H2,1-2H3. The van der Waals surface area contributed by atoms with Crippen LogP contribution in [0.2, 0.25) is 0 Å². The maximum atomic E-state index is 13.0. The van der Waals surface area contributed by atoms with Crippen molar-refractivity contribution in [3.63, 3.8) is 0 Å². The van der Waals surface area contributed by atoms with Gasteiger partial charge in [0.1, 0.15) is 0 Å². The third-order valence-electron chi connectivity index (χ3n) is 5.45. The van der Waals surface area contributed by atoms with Crippen molar-refractivity contribution in [1.29, 1.82) is 0 Å². The molecule has 2 aromatic rings. The third kappa shape index (κ3) is 3.75. The van der Waals surface area contributed by atoms with Crippen LogP contribution >= 0.6 is 11.8 Å².